The van der Waals surface area contributed by atoms with Crippen LogP contribution in [0.3, 0.4) is 0 Å². The van der Waals surface area contributed by atoms with Crippen LogP contribution in [0.5, 0.6) is 0 Å². The van der Waals surface area contributed by atoms with Crippen molar-refractivity contribution in [2.75, 3.05) is 4.90 Å². The Bertz CT molecular complexity index is 749. The van der Waals surface area contributed by atoms with Crippen molar-refractivity contribution in [2.24, 2.45) is 0 Å². The number of carbonyl (C=O) groups excluding carboxylic acids is 2. The van der Waals surface area contributed by atoms with Crippen LogP contribution in [0.1, 0.15) is 15.4 Å². The third-order valence-corrected chi connectivity index (χ3v) is 3.75. The number of carbonyl (C=O) groups is 2. The zero-order chi connectivity index (χ0) is 14.4. The molecule has 0 fully saturated rings. The average Bonchev–Trinajstić information content (AvgIpc) is 2.90. The summed E-state index contributed by atoms with van der Waals surface area (Å²) in [5.74, 6) is -4.05. The fraction of sp³-hybridized carbons (Fsp3) is 0.0909. The van der Waals surface area contributed by atoms with Gasteiger partial charge in [-0.3, -0.25) is 14.5 Å². The molecular formula is C11H4ClF2N3O2S. The lowest BCUT2D eigenvalue weighted by Gasteiger charge is -2.14. The molecule has 0 saturated carbocycles. The van der Waals surface area contributed by atoms with Crippen LogP contribution >= 0.6 is 22.9 Å². The molecule has 5 nitrogen and oxygen atoms in total. The molecule has 1 amide bonds. The molecule has 1 aromatic heterocycles. The van der Waals surface area contributed by atoms with Crippen LogP contribution in [0.15, 0.2) is 12.1 Å². The number of nitrogens with zero attached hydrogens (tertiary/aromatic N) is 3. The minimum atomic E-state index is -1.18. The first-order valence-electron chi connectivity index (χ1n) is 5.30. The number of benzene rings is 1. The van der Waals surface area contributed by atoms with Crippen LogP contribution in [-0.4, -0.2) is 21.9 Å². The summed E-state index contributed by atoms with van der Waals surface area (Å²) in [6, 6.07) is 1.54. The first-order valence-corrected chi connectivity index (χ1v) is 6.50. The molecular weight excluding hydrogens is 312 g/mol. The van der Waals surface area contributed by atoms with Gasteiger partial charge in [0.05, 0.1) is 17.8 Å². The standard InChI is InChI=1S/C11H4ClF2N3O2S/c12-11-16-15-8(20-11)3-17-7-2-6(14)5(13)1-4(7)9(18)10(17)19/h1-2H,3H2. The van der Waals surface area contributed by atoms with Gasteiger partial charge in [0.25, 0.3) is 11.7 Å². The van der Waals surface area contributed by atoms with E-state index in [-0.39, 0.29) is 22.3 Å². The molecule has 2 aromatic rings. The molecule has 0 atom stereocenters. The lowest BCUT2D eigenvalue weighted by molar-refractivity contribution is -0.114. The Morgan fingerprint density at radius 2 is 1.90 bits per heavy atom. The predicted molar refractivity (Wildman–Crippen MR) is 66.8 cm³/mol. The molecule has 0 unspecified atom stereocenters. The third kappa shape index (κ3) is 1.97. The Kier molecular flexibility index (Phi) is 2.98. The molecule has 0 saturated heterocycles. The number of hydrogen-bond acceptors (Lipinski definition) is 5. The molecule has 1 aliphatic heterocycles. The van der Waals surface area contributed by atoms with E-state index in [0.29, 0.717) is 5.01 Å². The number of hydrogen-bond donors (Lipinski definition) is 0. The van der Waals surface area contributed by atoms with E-state index in [1.165, 1.54) is 0 Å². The summed E-state index contributed by atoms with van der Waals surface area (Å²) < 4.78 is 26.6. The molecule has 1 aliphatic rings. The van der Waals surface area contributed by atoms with Crippen LogP contribution < -0.4 is 4.90 Å². The smallest absolute Gasteiger partial charge is 0.298 e. The molecule has 2 heterocycles. The molecule has 102 valence electrons. The Labute approximate surface area is 119 Å². The van der Waals surface area contributed by atoms with E-state index < -0.39 is 23.3 Å². The van der Waals surface area contributed by atoms with Gasteiger partial charge < -0.3 is 0 Å². The highest BCUT2D eigenvalue weighted by Crippen LogP contribution is 2.32. The van der Waals surface area contributed by atoms with Crippen molar-refractivity contribution >= 4 is 40.3 Å². The second-order valence-electron chi connectivity index (χ2n) is 3.95. The highest BCUT2D eigenvalue weighted by atomic mass is 35.5. The highest BCUT2D eigenvalue weighted by molar-refractivity contribution is 7.15. The Morgan fingerprint density at radius 3 is 2.55 bits per heavy atom. The van der Waals surface area contributed by atoms with E-state index in [4.69, 9.17) is 11.6 Å². The summed E-state index contributed by atoms with van der Waals surface area (Å²) >= 11 is 6.65. The summed E-state index contributed by atoms with van der Waals surface area (Å²) in [6.07, 6.45) is 0. The van der Waals surface area contributed by atoms with Crippen molar-refractivity contribution in [1.82, 2.24) is 10.2 Å². The van der Waals surface area contributed by atoms with Gasteiger partial charge in [0.15, 0.2) is 11.6 Å². The minimum Gasteiger partial charge on any atom is -0.298 e. The van der Waals surface area contributed by atoms with Gasteiger partial charge in [-0.2, -0.15) is 0 Å². The predicted octanol–water partition coefficient (Wildman–Crippen LogP) is 2.20. The van der Waals surface area contributed by atoms with Crippen molar-refractivity contribution in [1.29, 1.82) is 0 Å². The minimum absolute atomic E-state index is 0.0187. The van der Waals surface area contributed by atoms with Crippen LogP contribution in [-0.2, 0) is 11.3 Å². The summed E-state index contributed by atoms with van der Waals surface area (Å²) in [5, 5.41) is 7.67. The van der Waals surface area contributed by atoms with E-state index in [2.05, 4.69) is 10.2 Å². The molecule has 20 heavy (non-hydrogen) atoms. The van der Waals surface area contributed by atoms with E-state index >= 15 is 0 Å². The summed E-state index contributed by atoms with van der Waals surface area (Å²) in [4.78, 5) is 24.6. The van der Waals surface area contributed by atoms with E-state index in [0.717, 1.165) is 28.4 Å². The maximum Gasteiger partial charge on any atom is 0.299 e. The van der Waals surface area contributed by atoms with Crippen molar-refractivity contribution in [3.63, 3.8) is 0 Å². The largest absolute Gasteiger partial charge is 0.299 e. The average molecular weight is 316 g/mol. The zero-order valence-corrected chi connectivity index (χ0v) is 11.1. The second kappa shape index (κ2) is 4.57. The highest BCUT2D eigenvalue weighted by Gasteiger charge is 2.37. The molecule has 1 aromatic carbocycles. The number of fused-ring (bicyclic) bond motifs is 1. The number of aromatic nitrogens is 2. The number of rotatable bonds is 2. The molecule has 9 heteroatoms. The zero-order valence-electron chi connectivity index (χ0n) is 9.56. The van der Waals surface area contributed by atoms with Gasteiger partial charge in [-0.25, -0.2) is 8.78 Å². The van der Waals surface area contributed by atoms with Gasteiger partial charge in [0, 0.05) is 6.07 Å². The Morgan fingerprint density at radius 1 is 1.20 bits per heavy atom. The van der Waals surface area contributed by atoms with E-state index in [1.54, 1.807) is 0 Å². The Balaban J connectivity index is 2.03. The number of halogens is 3. The number of anilines is 1. The fourth-order valence-corrected chi connectivity index (χ4v) is 2.73. The van der Waals surface area contributed by atoms with Crippen molar-refractivity contribution in [3.05, 3.63) is 38.8 Å². The summed E-state index contributed by atoms with van der Waals surface area (Å²) in [6.45, 7) is -0.0764. The molecule has 0 bridgehead atoms. The van der Waals surface area contributed by atoms with E-state index in [9.17, 15) is 18.4 Å². The summed E-state index contributed by atoms with van der Waals surface area (Å²) in [5.41, 5.74) is -0.144. The van der Waals surface area contributed by atoms with Gasteiger partial charge >= 0.3 is 0 Å². The third-order valence-electron chi connectivity index (χ3n) is 2.75. The lowest BCUT2D eigenvalue weighted by Crippen LogP contribution is -2.29. The van der Waals surface area contributed by atoms with Crippen LogP contribution in [0.2, 0.25) is 4.47 Å². The first-order chi connectivity index (χ1) is 9.47. The molecule has 0 N–H and O–H groups in total. The van der Waals surface area contributed by atoms with E-state index in [1.807, 2.05) is 0 Å². The SMILES string of the molecule is O=C1C(=O)N(Cc2nnc(Cl)s2)c2cc(F)c(F)cc21. The van der Waals surface area contributed by atoms with Crippen molar-refractivity contribution in [2.45, 2.75) is 6.54 Å². The molecule has 0 radical (unpaired) electrons. The normalized spacial score (nSPS) is 14.1. The van der Waals surface area contributed by atoms with Gasteiger partial charge in [0.1, 0.15) is 5.01 Å². The number of ketones is 1. The monoisotopic (exact) mass is 315 g/mol. The second-order valence-corrected chi connectivity index (χ2v) is 5.60. The molecule has 0 aliphatic carbocycles. The van der Waals surface area contributed by atoms with Gasteiger partial charge in [0.2, 0.25) is 4.47 Å². The van der Waals surface area contributed by atoms with Crippen LogP contribution in [0.4, 0.5) is 14.5 Å². The lowest BCUT2D eigenvalue weighted by atomic mass is 10.1. The molecule has 0 spiro atoms. The van der Waals surface area contributed by atoms with Crippen LogP contribution in [0, 0.1) is 11.6 Å². The number of amides is 1. The maximum atomic E-state index is 13.3. The fourth-order valence-electron chi connectivity index (χ4n) is 1.88. The van der Waals surface area contributed by atoms with Gasteiger partial charge in [-0.1, -0.05) is 11.3 Å². The van der Waals surface area contributed by atoms with Gasteiger partial charge in [-0.05, 0) is 17.7 Å². The topological polar surface area (TPSA) is 63.2 Å². The van der Waals surface area contributed by atoms with Crippen LogP contribution in [0.25, 0.3) is 0 Å². The van der Waals surface area contributed by atoms with Gasteiger partial charge in [-0.15, -0.1) is 10.2 Å². The quantitative estimate of drug-likeness (QED) is 0.797. The van der Waals surface area contributed by atoms with Crippen molar-refractivity contribution in [3.8, 4) is 0 Å². The van der Waals surface area contributed by atoms with Crippen molar-refractivity contribution < 1.29 is 18.4 Å². The first kappa shape index (κ1) is 13.1. The summed E-state index contributed by atoms with van der Waals surface area (Å²) in [7, 11) is 0. The maximum absolute atomic E-state index is 13.3. The Hall–Kier alpha value is -1.93. The molecule has 3 rings (SSSR count). The number of Topliss-reactive ketones (excluding diaryl/α,β-unsaturated/α-hetero) is 1.